The van der Waals surface area contributed by atoms with Gasteiger partial charge in [0.25, 0.3) is 0 Å². The van der Waals surface area contributed by atoms with E-state index in [4.69, 9.17) is 5.26 Å². The van der Waals surface area contributed by atoms with Crippen LogP contribution in [0.4, 0.5) is 11.4 Å². The maximum Gasteiger partial charge on any atom is 0.224 e. The van der Waals surface area contributed by atoms with Crippen LogP contribution in [0.3, 0.4) is 0 Å². The Morgan fingerprint density at radius 2 is 1.97 bits per heavy atom. The fraction of sp³-hybridized carbons (Fsp3) is 0.407. The molecule has 0 unspecified atom stereocenters. The van der Waals surface area contributed by atoms with E-state index in [1.165, 1.54) is 29.5 Å². The van der Waals surface area contributed by atoms with Gasteiger partial charge in [0.05, 0.1) is 17.7 Å². The van der Waals surface area contributed by atoms with Crippen LogP contribution in [-0.4, -0.2) is 25.0 Å². The topological polar surface area (TPSA) is 68.2 Å². The van der Waals surface area contributed by atoms with Crippen molar-refractivity contribution in [2.45, 2.75) is 45.2 Å². The summed E-state index contributed by atoms with van der Waals surface area (Å²) >= 11 is 0. The number of nitrogens with one attached hydrogen (secondary N) is 2. The van der Waals surface area contributed by atoms with Gasteiger partial charge >= 0.3 is 0 Å². The van der Waals surface area contributed by atoms with Gasteiger partial charge in [0.15, 0.2) is 0 Å². The Bertz CT molecular complexity index is 1090. The van der Waals surface area contributed by atoms with Crippen LogP contribution in [0, 0.1) is 23.2 Å². The first kappa shape index (κ1) is 20.8. The zero-order valence-corrected chi connectivity index (χ0v) is 18.8. The molecule has 0 saturated heterocycles. The molecule has 0 bridgehead atoms. The third kappa shape index (κ3) is 3.80. The molecule has 3 aliphatic rings. The molecule has 0 aromatic heterocycles. The van der Waals surface area contributed by atoms with Crippen LogP contribution in [0.2, 0.25) is 0 Å². The van der Waals surface area contributed by atoms with Gasteiger partial charge in [-0.15, -0.1) is 0 Å². The van der Waals surface area contributed by atoms with Crippen LogP contribution in [0.1, 0.15) is 55.8 Å². The van der Waals surface area contributed by atoms with Crippen LogP contribution < -0.4 is 15.5 Å². The number of nitriles is 1. The number of benzene rings is 2. The molecule has 0 spiro atoms. The van der Waals surface area contributed by atoms with Crippen molar-refractivity contribution >= 4 is 22.9 Å². The molecule has 3 atom stereocenters. The highest BCUT2D eigenvalue weighted by atomic mass is 16.2. The first-order valence-electron chi connectivity index (χ1n) is 11.7. The van der Waals surface area contributed by atoms with Crippen LogP contribution in [-0.2, 0) is 4.79 Å². The lowest BCUT2D eigenvalue weighted by Crippen LogP contribution is -2.51. The molecule has 164 valence electrons. The lowest BCUT2D eigenvalue weighted by Gasteiger charge is -2.46. The number of amides is 1. The second-order valence-corrected chi connectivity index (χ2v) is 9.34. The first-order valence-corrected chi connectivity index (χ1v) is 11.7. The predicted molar refractivity (Wildman–Crippen MR) is 128 cm³/mol. The highest BCUT2D eigenvalue weighted by Crippen LogP contribution is 2.50. The molecule has 1 fully saturated rings. The summed E-state index contributed by atoms with van der Waals surface area (Å²) in [4.78, 5) is 14.9. The number of hydrogen-bond donors (Lipinski definition) is 2. The fourth-order valence-electron chi connectivity index (χ4n) is 5.47. The largest absolute Gasteiger partial charge is 0.378 e. The van der Waals surface area contributed by atoms with Crippen molar-refractivity contribution < 1.29 is 4.79 Å². The lowest BCUT2D eigenvalue weighted by molar-refractivity contribution is -0.117. The zero-order chi connectivity index (χ0) is 22.2. The quantitative estimate of drug-likeness (QED) is 0.732. The van der Waals surface area contributed by atoms with E-state index in [1.807, 2.05) is 24.3 Å². The molecule has 2 aromatic carbocycles. The third-order valence-corrected chi connectivity index (χ3v) is 7.20. The molecule has 5 heteroatoms. The Balaban J connectivity index is 1.59. The maximum absolute atomic E-state index is 12.8. The number of rotatable bonds is 4. The van der Waals surface area contributed by atoms with Gasteiger partial charge in [-0.1, -0.05) is 19.1 Å². The van der Waals surface area contributed by atoms with Crippen LogP contribution in [0.15, 0.2) is 48.5 Å². The number of carbonyl (C=O) groups excluding carboxylic acids is 1. The van der Waals surface area contributed by atoms with Crippen molar-refractivity contribution in [3.05, 3.63) is 65.2 Å². The van der Waals surface area contributed by atoms with E-state index in [2.05, 4.69) is 52.8 Å². The van der Waals surface area contributed by atoms with E-state index in [0.717, 1.165) is 30.9 Å². The van der Waals surface area contributed by atoms with E-state index in [9.17, 15) is 4.79 Å². The second kappa shape index (κ2) is 8.44. The van der Waals surface area contributed by atoms with Gasteiger partial charge in [0, 0.05) is 36.8 Å². The summed E-state index contributed by atoms with van der Waals surface area (Å²) in [7, 11) is 0. The number of nitrogens with zero attached hydrogens (tertiary/aromatic N) is 2. The van der Waals surface area contributed by atoms with Crippen LogP contribution in [0.25, 0.3) is 5.57 Å². The summed E-state index contributed by atoms with van der Waals surface area (Å²) in [5.74, 6) is 0.964. The van der Waals surface area contributed by atoms with E-state index in [-0.39, 0.29) is 23.9 Å². The first-order chi connectivity index (χ1) is 15.6. The minimum Gasteiger partial charge on any atom is -0.378 e. The van der Waals surface area contributed by atoms with Crippen molar-refractivity contribution in [1.82, 2.24) is 5.32 Å². The number of carbonyl (C=O) groups is 1. The monoisotopic (exact) mass is 426 g/mol. The van der Waals surface area contributed by atoms with Crippen molar-refractivity contribution in [1.29, 1.82) is 5.26 Å². The molecule has 5 rings (SSSR count). The maximum atomic E-state index is 12.8. The van der Waals surface area contributed by atoms with E-state index < -0.39 is 0 Å². The molecule has 2 aliphatic heterocycles. The van der Waals surface area contributed by atoms with Crippen LogP contribution >= 0.6 is 0 Å². The summed E-state index contributed by atoms with van der Waals surface area (Å²) in [6.45, 7) is 5.87. The number of fused-ring (bicyclic) bond motifs is 1. The van der Waals surface area contributed by atoms with Crippen LogP contribution in [0.5, 0.6) is 0 Å². The highest BCUT2D eigenvalue weighted by molar-refractivity contribution is 5.94. The Morgan fingerprint density at radius 3 is 2.59 bits per heavy atom. The van der Waals surface area contributed by atoms with Gasteiger partial charge in [0.1, 0.15) is 0 Å². The van der Waals surface area contributed by atoms with Gasteiger partial charge in [0.2, 0.25) is 5.91 Å². The predicted octanol–water partition coefficient (Wildman–Crippen LogP) is 4.87. The highest BCUT2D eigenvalue weighted by Gasteiger charge is 2.47. The third-order valence-electron chi connectivity index (χ3n) is 7.20. The SMILES string of the molecule is CC(=O)N1c2ccc(C3=CCNCC3)cc2[C@H](Nc2ccc(C#N)cc2)[C@@H](C)[C@H]1C1CC1. The van der Waals surface area contributed by atoms with Gasteiger partial charge in [-0.25, -0.2) is 0 Å². The lowest BCUT2D eigenvalue weighted by atomic mass is 9.78. The van der Waals surface area contributed by atoms with Crippen molar-refractivity contribution in [3.8, 4) is 6.07 Å². The van der Waals surface area contributed by atoms with Crippen molar-refractivity contribution in [2.24, 2.45) is 11.8 Å². The molecular formula is C27H30N4O. The van der Waals surface area contributed by atoms with Crippen molar-refractivity contribution in [3.63, 3.8) is 0 Å². The molecule has 2 N–H and O–H groups in total. The van der Waals surface area contributed by atoms with Gasteiger partial charge in [-0.3, -0.25) is 4.79 Å². The van der Waals surface area contributed by atoms with E-state index in [1.54, 1.807) is 6.92 Å². The Morgan fingerprint density at radius 1 is 1.19 bits per heavy atom. The molecule has 5 nitrogen and oxygen atoms in total. The van der Waals surface area contributed by atoms with Gasteiger partial charge in [-0.05, 0) is 84.8 Å². The van der Waals surface area contributed by atoms with Gasteiger partial charge in [-0.2, -0.15) is 5.26 Å². The fourth-order valence-corrected chi connectivity index (χ4v) is 5.47. The van der Waals surface area contributed by atoms with E-state index in [0.29, 0.717) is 11.5 Å². The zero-order valence-electron chi connectivity index (χ0n) is 18.8. The summed E-state index contributed by atoms with van der Waals surface area (Å²) in [5.41, 5.74) is 6.51. The van der Waals surface area contributed by atoms with E-state index >= 15 is 0 Å². The minimum atomic E-state index is 0.0985. The molecule has 1 aliphatic carbocycles. The normalized spacial score (nSPS) is 24.8. The smallest absolute Gasteiger partial charge is 0.224 e. The molecule has 32 heavy (non-hydrogen) atoms. The standard InChI is InChI=1S/C27H30N4O/c1-17-26(30-23-8-3-19(16-28)4-9-23)24-15-22(20-11-13-29-14-12-20)7-10-25(24)31(18(2)32)27(17)21-5-6-21/h3-4,7-11,15,17,21,26-27,29-30H,5-6,12-14H2,1-2H3/t17-,26-,27+/m1/s1. The molecule has 1 amide bonds. The summed E-state index contributed by atoms with van der Waals surface area (Å²) in [6, 6.07) is 16.8. The van der Waals surface area contributed by atoms with Crippen molar-refractivity contribution in [2.75, 3.05) is 23.3 Å². The Kier molecular flexibility index (Phi) is 5.48. The average molecular weight is 427 g/mol. The summed E-state index contributed by atoms with van der Waals surface area (Å²) in [6.07, 6.45) is 5.67. The summed E-state index contributed by atoms with van der Waals surface area (Å²) < 4.78 is 0. The molecule has 2 heterocycles. The Hall–Kier alpha value is -3.10. The second-order valence-electron chi connectivity index (χ2n) is 9.34. The Labute approximate surface area is 190 Å². The molecule has 2 aromatic rings. The number of anilines is 2. The number of hydrogen-bond acceptors (Lipinski definition) is 4. The van der Waals surface area contributed by atoms with Gasteiger partial charge < -0.3 is 15.5 Å². The molecule has 0 radical (unpaired) electrons. The molecular weight excluding hydrogens is 396 g/mol. The summed E-state index contributed by atoms with van der Waals surface area (Å²) in [5, 5.41) is 16.3. The molecule has 1 saturated carbocycles. The average Bonchev–Trinajstić information content (AvgIpc) is 3.66. The minimum absolute atomic E-state index is 0.0985.